The molecule has 2 N–H and O–H groups in total. The Morgan fingerprint density at radius 1 is 1.41 bits per heavy atom. The molecule has 92 valence electrons. The van der Waals surface area contributed by atoms with Crippen LogP contribution >= 0.6 is 27.5 Å². The van der Waals surface area contributed by atoms with Crippen molar-refractivity contribution in [3.63, 3.8) is 0 Å². The van der Waals surface area contributed by atoms with Crippen LogP contribution in [0, 0.1) is 5.92 Å². The molecule has 1 aromatic carbocycles. The molecule has 0 atom stereocenters. The molecule has 1 aromatic heterocycles. The van der Waals surface area contributed by atoms with Crippen LogP contribution in [0.4, 0.5) is 0 Å². The zero-order valence-corrected chi connectivity index (χ0v) is 12.2. The average Bonchev–Trinajstić information content (AvgIpc) is 2.56. The van der Waals surface area contributed by atoms with E-state index in [1.54, 1.807) is 0 Å². The van der Waals surface area contributed by atoms with Gasteiger partial charge in [-0.1, -0.05) is 25.4 Å². The highest BCUT2D eigenvalue weighted by Gasteiger charge is 2.16. The summed E-state index contributed by atoms with van der Waals surface area (Å²) in [6.45, 7) is 4.78. The van der Waals surface area contributed by atoms with E-state index in [1.807, 2.05) is 12.1 Å². The van der Waals surface area contributed by atoms with E-state index in [0.29, 0.717) is 17.5 Å². The lowest BCUT2D eigenvalue weighted by atomic mass is 10.00. The van der Waals surface area contributed by atoms with Crippen molar-refractivity contribution in [2.75, 3.05) is 0 Å². The van der Waals surface area contributed by atoms with E-state index in [0.717, 1.165) is 27.6 Å². The van der Waals surface area contributed by atoms with Gasteiger partial charge in [-0.15, -0.1) is 0 Å². The fraction of sp³-hybridized carbons (Fsp3) is 0.385. The predicted molar refractivity (Wildman–Crippen MR) is 75.4 cm³/mol. The molecule has 0 radical (unpaired) electrons. The summed E-state index contributed by atoms with van der Waals surface area (Å²) >= 11 is 9.55. The maximum absolute atomic E-state index is 6.08. The first-order chi connectivity index (χ1) is 8.02. The normalized spacial score (nSPS) is 11.6. The summed E-state index contributed by atoms with van der Waals surface area (Å²) in [5.74, 6) is 1.41. The molecule has 1 heterocycles. The van der Waals surface area contributed by atoms with Crippen LogP contribution in [0.2, 0.25) is 5.02 Å². The highest BCUT2D eigenvalue weighted by Crippen LogP contribution is 2.35. The Kier molecular flexibility index (Phi) is 3.81. The molecule has 0 aliphatic heterocycles. The van der Waals surface area contributed by atoms with Crippen LogP contribution in [0.3, 0.4) is 0 Å². The minimum atomic E-state index is 0.417. The van der Waals surface area contributed by atoms with Crippen molar-refractivity contribution in [1.29, 1.82) is 0 Å². The van der Waals surface area contributed by atoms with E-state index >= 15 is 0 Å². The summed E-state index contributed by atoms with van der Waals surface area (Å²) in [5, 5.41) is 1.78. The van der Waals surface area contributed by atoms with E-state index in [9.17, 15) is 0 Å². The van der Waals surface area contributed by atoms with Gasteiger partial charge in [-0.25, -0.2) is 0 Å². The largest absolute Gasteiger partial charge is 0.458 e. The first kappa shape index (κ1) is 12.9. The van der Waals surface area contributed by atoms with Crippen LogP contribution in [0.5, 0.6) is 0 Å². The fourth-order valence-electron chi connectivity index (χ4n) is 2.02. The van der Waals surface area contributed by atoms with Crippen LogP contribution in [0.15, 0.2) is 21.0 Å². The number of nitrogens with two attached hydrogens (primary N) is 1. The Labute approximate surface area is 114 Å². The lowest BCUT2D eigenvalue weighted by Gasteiger charge is -2.04. The molecule has 0 fully saturated rings. The Bertz CT molecular complexity index is 548. The van der Waals surface area contributed by atoms with Crippen LogP contribution in [-0.4, -0.2) is 0 Å². The van der Waals surface area contributed by atoms with E-state index in [-0.39, 0.29) is 0 Å². The zero-order chi connectivity index (χ0) is 12.6. The molecule has 4 heteroatoms. The van der Waals surface area contributed by atoms with E-state index in [1.165, 1.54) is 5.56 Å². The predicted octanol–water partition coefficient (Wildman–Crippen LogP) is 4.51. The minimum Gasteiger partial charge on any atom is -0.458 e. The third kappa shape index (κ3) is 2.51. The number of rotatable bonds is 3. The van der Waals surface area contributed by atoms with Crippen LogP contribution in [0.25, 0.3) is 11.0 Å². The van der Waals surface area contributed by atoms with Crippen LogP contribution in [0.1, 0.15) is 25.2 Å². The van der Waals surface area contributed by atoms with Gasteiger partial charge in [0, 0.05) is 16.0 Å². The molecule has 0 aliphatic rings. The molecule has 0 bridgehead atoms. The standard InChI is InChI=1S/C13H15BrClNO/c1-7(2)3-9-10-4-8(15)5-11(14)13(10)17-12(9)6-16/h4-5,7H,3,6,16H2,1-2H3. The van der Waals surface area contributed by atoms with E-state index < -0.39 is 0 Å². The second kappa shape index (κ2) is 5.01. The van der Waals surface area contributed by atoms with Crippen molar-refractivity contribution in [3.8, 4) is 0 Å². The number of fused-ring (bicyclic) bond motifs is 1. The van der Waals surface area contributed by atoms with Gasteiger partial charge in [0.15, 0.2) is 0 Å². The van der Waals surface area contributed by atoms with Crippen molar-refractivity contribution in [3.05, 3.63) is 33.0 Å². The van der Waals surface area contributed by atoms with Crippen molar-refractivity contribution in [2.24, 2.45) is 11.7 Å². The van der Waals surface area contributed by atoms with Crippen molar-refractivity contribution in [1.82, 2.24) is 0 Å². The van der Waals surface area contributed by atoms with Gasteiger partial charge in [-0.3, -0.25) is 0 Å². The van der Waals surface area contributed by atoms with Gasteiger partial charge in [0.2, 0.25) is 0 Å². The second-order valence-corrected chi connectivity index (χ2v) is 5.86. The smallest absolute Gasteiger partial charge is 0.148 e. The maximum atomic E-state index is 6.08. The second-order valence-electron chi connectivity index (χ2n) is 4.57. The molecule has 0 aliphatic carbocycles. The van der Waals surface area contributed by atoms with Crippen LogP contribution < -0.4 is 5.73 Å². The van der Waals surface area contributed by atoms with Crippen molar-refractivity contribution >= 4 is 38.5 Å². The zero-order valence-electron chi connectivity index (χ0n) is 9.89. The molecule has 0 unspecified atom stereocenters. The van der Waals surface area contributed by atoms with Crippen LogP contribution in [-0.2, 0) is 13.0 Å². The molecule has 0 amide bonds. The van der Waals surface area contributed by atoms with Gasteiger partial charge in [0.25, 0.3) is 0 Å². The van der Waals surface area contributed by atoms with Gasteiger partial charge in [0.05, 0.1) is 11.0 Å². The average molecular weight is 317 g/mol. The number of hydrogen-bond acceptors (Lipinski definition) is 2. The molecule has 2 aromatic rings. The highest BCUT2D eigenvalue weighted by atomic mass is 79.9. The van der Waals surface area contributed by atoms with Gasteiger partial charge < -0.3 is 10.2 Å². The third-order valence-corrected chi connectivity index (χ3v) is 3.50. The van der Waals surface area contributed by atoms with Gasteiger partial charge in [-0.2, -0.15) is 0 Å². The topological polar surface area (TPSA) is 39.2 Å². The Hall–Kier alpha value is -0.510. The molecular formula is C13H15BrClNO. The SMILES string of the molecule is CC(C)Cc1c(CN)oc2c(Br)cc(Cl)cc12. The third-order valence-electron chi connectivity index (χ3n) is 2.69. The van der Waals surface area contributed by atoms with Crippen molar-refractivity contribution in [2.45, 2.75) is 26.8 Å². The molecular weight excluding hydrogens is 302 g/mol. The molecule has 17 heavy (non-hydrogen) atoms. The van der Waals surface area contributed by atoms with E-state index in [4.69, 9.17) is 21.8 Å². The molecule has 2 nitrogen and oxygen atoms in total. The molecule has 2 rings (SSSR count). The number of benzene rings is 1. The first-order valence-corrected chi connectivity index (χ1v) is 6.79. The lowest BCUT2D eigenvalue weighted by Crippen LogP contribution is -2.01. The molecule has 0 saturated heterocycles. The summed E-state index contributed by atoms with van der Waals surface area (Å²) in [5.41, 5.74) is 7.76. The summed E-state index contributed by atoms with van der Waals surface area (Å²) in [4.78, 5) is 0. The summed E-state index contributed by atoms with van der Waals surface area (Å²) in [6, 6.07) is 3.79. The lowest BCUT2D eigenvalue weighted by molar-refractivity contribution is 0.534. The Morgan fingerprint density at radius 3 is 2.71 bits per heavy atom. The summed E-state index contributed by atoms with van der Waals surface area (Å²) in [6.07, 6.45) is 0.951. The van der Waals surface area contributed by atoms with Crippen molar-refractivity contribution < 1.29 is 4.42 Å². The van der Waals surface area contributed by atoms with Gasteiger partial charge >= 0.3 is 0 Å². The number of furan rings is 1. The number of hydrogen-bond donors (Lipinski definition) is 1. The minimum absolute atomic E-state index is 0.417. The fourth-order valence-corrected chi connectivity index (χ4v) is 2.91. The maximum Gasteiger partial charge on any atom is 0.148 e. The highest BCUT2D eigenvalue weighted by molar-refractivity contribution is 9.10. The Morgan fingerprint density at radius 2 is 2.12 bits per heavy atom. The summed E-state index contributed by atoms with van der Waals surface area (Å²) < 4.78 is 6.68. The molecule has 0 spiro atoms. The Balaban J connectivity index is 2.69. The number of halogens is 2. The molecule has 0 saturated carbocycles. The first-order valence-electron chi connectivity index (χ1n) is 5.62. The van der Waals surface area contributed by atoms with E-state index in [2.05, 4.69) is 29.8 Å². The van der Waals surface area contributed by atoms with Gasteiger partial charge in [-0.05, 0) is 40.4 Å². The monoisotopic (exact) mass is 315 g/mol. The summed E-state index contributed by atoms with van der Waals surface area (Å²) in [7, 11) is 0. The quantitative estimate of drug-likeness (QED) is 0.905. The van der Waals surface area contributed by atoms with Gasteiger partial charge in [0.1, 0.15) is 11.3 Å².